The van der Waals surface area contributed by atoms with Crippen LogP contribution in [0.2, 0.25) is 0 Å². The average molecular weight is 126 g/mol. The Labute approximate surface area is 52.5 Å². The highest BCUT2D eigenvalue weighted by molar-refractivity contribution is 5.37. The van der Waals surface area contributed by atoms with Crippen LogP contribution in [0.1, 0.15) is 5.56 Å². The zero-order chi connectivity index (χ0) is 6.69. The van der Waals surface area contributed by atoms with Crippen LogP contribution in [0.4, 0.5) is 10.2 Å². The van der Waals surface area contributed by atoms with E-state index in [1.54, 1.807) is 12.1 Å². The number of alkyl halides is 1. The Kier molecular flexibility index (Phi) is 1.63. The standard InChI is InChI=1S/C6H7FN2/c7-4-5-2-1-3-9-6(5)8/h1-3H,4H2,(H2,8,9). The van der Waals surface area contributed by atoms with Crippen LogP contribution in [0.25, 0.3) is 0 Å². The van der Waals surface area contributed by atoms with Crippen molar-refractivity contribution in [3.63, 3.8) is 0 Å². The average Bonchev–Trinajstić information content (AvgIpc) is 1.89. The Bertz CT molecular complexity index is 200. The van der Waals surface area contributed by atoms with Crippen LogP contribution in [0.3, 0.4) is 0 Å². The summed E-state index contributed by atoms with van der Waals surface area (Å²) in [6, 6.07) is 3.27. The highest BCUT2D eigenvalue weighted by atomic mass is 19.1. The van der Waals surface area contributed by atoms with Gasteiger partial charge >= 0.3 is 0 Å². The lowest BCUT2D eigenvalue weighted by Crippen LogP contribution is -1.93. The molecule has 0 aliphatic carbocycles. The van der Waals surface area contributed by atoms with Gasteiger partial charge in [-0.1, -0.05) is 6.07 Å². The Morgan fingerprint density at radius 2 is 2.44 bits per heavy atom. The molecule has 1 heterocycles. The maximum absolute atomic E-state index is 11.9. The third-order valence-electron chi connectivity index (χ3n) is 1.07. The van der Waals surface area contributed by atoms with Crippen LogP contribution in [0.5, 0.6) is 0 Å². The molecule has 0 spiro atoms. The molecule has 1 rings (SSSR count). The monoisotopic (exact) mass is 126 g/mol. The van der Waals surface area contributed by atoms with Gasteiger partial charge in [0.25, 0.3) is 0 Å². The van der Waals surface area contributed by atoms with Crippen molar-refractivity contribution in [2.75, 3.05) is 5.73 Å². The van der Waals surface area contributed by atoms with Crippen LogP contribution in [-0.4, -0.2) is 4.98 Å². The van der Waals surface area contributed by atoms with E-state index in [0.717, 1.165) is 0 Å². The summed E-state index contributed by atoms with van der Waals surface area (Å²) in [6.45, 7) is -0.542. The fraction of sp³-hybridized carbons (Fsp3) is 0.167. The van der Waals surface area contributed by atoms with E-state index in [2.05, 4.69) is 4.98 Å². The highest BCUT2D eigenvalue weighted by Crippen LogP contribution is 2.06. The number of nitrogens with two attached hydrogens (primary N) is 1. The van der Waals surface area contributed by atoms with Crippen LogP contribution in [-0.2, 0) is 6.67 Å². The second-order valence-electron chi connectivity index (χ2n) is 1.68. The summed E-state index contributed by atoms with van der Waals surface area (Å²) in [5.41, 5.74) is 5.74. The molecule has 9 heavy (non-hydrogen) atoms. The van der Waals surface area contributed by atoms with E-state index in [1.807, 2.05) is 0 Å². The van der Waals surface area contributed by atoms with E-state index in [-0.39, 0.29) is 5.82 Å². The summed E-state index contributed by atoms with van der Waals surface area (Å²) in [7, 11) is 0. The van der Waals surface area contributed by atoms with Gasteiger partial charge in [0.2, 0.25) is 0 Å². The van der Waals surface area contributed by atoms with Crippen molar-refractivity contribution in [3.8, 4) is 0 Å². The van der Waals surface area contributed by atoms with Gasteiger partial charge in [-0.3, -0.25) is 0 Å². The van der Waals surface area contributed by atoms with Gasteiger partial charge in [-0.25, -0.2) is 9.37 Å². The number of rotatable bonds is 1. The van der Waals surface area contributed by atoms with Gasteiger partial charge in [0.05, 0.1) is 0 Å². The molecule has 0 amide bonds. The van der Waals surface area contributed by atoms with Gasteiger partial charge in [-0.15, -0.1) is 0 Å². The number of pyridine rings is 1. The fourth-order valence-electron chi connectivity index (χ4n) is 0.564. The lowest BCUT2D eigenvalue weighted by atomic mass is 10.3. The zero-order valence-corrected chi connectivity index (χ0v) is 4.84. The second-order valence-corrected chi connectivity index (χ2v) is 1.68. The summed E-state index contributed by atoms with van der Waals surface area (Å²) < 4.78 is 11.9. The number of aromatic nitrogens is 1. The van der Waals surface area contributed by atoms with Gasteiger partial charge < -0.3 is 5.73 Å². The molecule has 0 aliphatic rings. The molecule has 0 fully saturated rings. The van der Waals surface area contributed by atoms with Gasteiger partial charge in [-0.05, 0) is 6.07 Å². The van der Waals surface area contributed by atoms with Gasteiger partial charge in [0, 0.05) is 11.8 Å². The molecule has 0 saturated carbocycles. The van der Waals surface area contributed by atoms with Crippen molar-refractivity contribution in [3.05, 3.63) is 23.9 Å². The predicted molar refractivity (Wildman–Crippen MR) is 33.5 cm³/mol. The van der Waals surface area contributed by atoms with Crippen LogP contribution >= 0.6 is 0 Å². The topological polar surface area (TPSA) is 38.9 Å². The molecule has 1 aromatic heterocycles. The number of hydrogen-bond donors (Lipinski definition) is 1. The third-order valence-corrected chi connectivity index (χ3v) is 1.07. The number of halogens is 1. The molecule has 48 valence electrons. The van der Waals surface area contributed by atoms with Crippen LogP contribution < -0.4 is 5.73 Å². The number of nitrogens with zero attached hydrogens (tertiary/aromatic N) is 1. The minimum absolute atomic E-state index is 0.278. The lowest BCUT2D eigenvalue weighted by molar-refractivity contribution is 0.485. The molecule has 2 nitrogen and oxygen atoms in total. The predicted octanol–water partition coefficient (Wildman–Crippen LogP) is 1.13. The Morgan fingerprint density at radius 1 is 1.67 bits per heavy atom. The fourth-order valence-corrected chi connectivity index (χ4v) is 0.564. The molecule has 1 aromatic rings. The molecule has 0 bridgehead atoms. The molecule has 2 N–H and O–H groups in total. The zero-order valence-electron chi connectivity index (χ0n) is 4.84. The first kappa shape index (κ1) is 6.01. The van der Waals surface area contributed by atoms with E-state index in [4.69, 9.17) is 5.73 Å². The molecule has 0 saturated heterocycles. The van der Waals surface area contributed by atoms with Crippen LogP contribution in [0.15, 0.2) is 18.3 Å². The minimum atomic E-state index is -0.542. The van der Waals surface area contributed by atoms with Gasteiger partial charge in [0.15, 0.2) is 0 Å². The van der Waals surface area contributed by atoms with Crippen molar-refractivity contribution < 1.29 is 4.39 Å². The summed E-state index contributed by atoms with van der Waals surface area (Å²) in [6.07, 6.45) is 1.54. The molecule has 0 unspecified atom stereocenters. The number of nitrogen functional groups attached to an aromatic ring is 1. The summed E-state index contributed by atoms with van der Waals surface area (Å²) in [4.78, 5) is 3.69. The van der Waals surface area contributed by atoms with Gasteiger partial charge in [-0.2, -0.15) is 0 Å². The van der Waals surface area contributed by atoms with Crippen molar-refractivity contribution in [2.24, 2.45) is 0 Å². The van der Waals surface area contributed by atoms with Gasteiger partial charge in [0.1, 0.15) is 12.5 Å². The molecule has 3 heteroatoms. The first-order valence-electron chi connectivity index (χ1n) is 2.60. The van der Waals surface area contributed by atoms with Crippen molar-refractivity contribution >= 4 is 5.82 Å². The molecule has 0 atom stereocenters. The van der Waals surface area contributed by atoms with Crippen LogP contribution in [0, 0.1) is 0 Å². The lowest BCUT2D eigenvalue weighted by Gasteiger charge is -1.95. The van der Waals surface area contributed by atoms with Crippen molar-refractivity contribution in [2.45, 2.75) is 6.67 Å². The molecular formula is C6H7FN2. The summed E-state index contributed by atoms with van der Waals surface area (Å²) >= 11 is 0. The summed E-state index contributed by atoms with van der Waals surface area (Å²) in [5, 5.41) is 0. The third kappa shape index (κ3) is 1.16. The maximum atomic E-state index is 11.9. The molecule has 0 aliphatic heterocycles. The van der Waals surface area contributed by atoms with E-state index in [0.29, 0.717) is 5.56 Å². The van der Waals surface area contributed by atoms with E-state index in [9.17, 15) is 4.39 Å². The normalized spacial score (nSPS) is 9.44. The molecular weight excluding hydrogens is 119 g/mol. The Hall–Kier alpha value is -1.12. The van der Waals surface area contributed by atoms with Crippen molar-refractivity contribution in [1.29, 1.82) is 0 Å². The Morgan fingerprint density at radius 3 is 2.89 bits per heavy atom. The first-order chi connectivity index (χ1) is 4.34. The smallest absolute Gasteiger partial charge is 0.129 e. The van der Waals surface area contributed by atoms with E-state index >= 15 is 0 Å². The minimum Gasteiger partial charge on any atom is -0.383 e. The number of anilines is 1. The maximum Gasteiger partial charge on any atom is 0.129 e. The Balaban J connectivity index is 3.01. The largest absolute Gasteiger partial charge is 0.383 e. The summed E-state index contributed by atoms with van der Waals surface area (Å²) in [5.74, 6) is 0.278. The quantitative estimate of drug-likeness (QED) is 0.612. The SMILES string of the molecule is Nc1ncccc1CF. The number of hydrogen-bond acceptors (Lipinski definition) is 2. The van der Waals surface area contributed by atoms with E-state index < -0.39 is 6.67 Å². The highest BCUT2D eigenvalue weighted by Gasteiger charge is 1.94. The molecule has 0 radical (unpaired) electrons. The van der Waals surface area contributed by atoms with Crippen molar-refractivity contribution in [1.82, 2.24) is 4.98 Å². The molecule has 0 aromatic carbocycles. The second kappa shape index (κ2) is 2.44. The van der Waals surface area contributed by atoms with E-state index in [1.165, 1.54) is 6.20 Å². The first-order valence-corrected chi connectivity index (χ1v) is 2.60.